The molecule has 37 heavy (non-hydrogen) atoms. The number of sulfonamides is 1. The van der Waals surface area contributed by atoms with E-state index < -0.39 is 28.3 Å². The molecule has 0 aliphatic rings. The topological polar surface area (TPSA) is 129 Å². The maximum absolute atomic E-state index is 13.4. The summed E-state index contributed by atoms with van der Waals surface area (Å²) >= 11 is 0. The van der Waals surface area contributed by atoms with Gasteiger partial charge in [-0.1, -0.05) is 50.2 Å². The number of alkyl carbamates (subject to hydrolysis) is 1. The van der Waals surface area contributed by atoms with Gasteiger partial charge in [0, 0.05) is 31.0 Å². The molecule has 2 aromatic carbocycles. The summed E-state index contributed by atoms with van der Waals surface area (Å²) in [5.41, 5.74) is 1.57. The van der Waals surface area contributed by atoms with E-state index in [1.165, 1.54) is 28.6 Å². The summed E-state index contributed by atoms with van der Waals surface area (Å²) in [4.78, 5) is 16.6. The Morgan fingerprint density at radius 2 is 1.68 bits per heavy atom. The lowest BCUT2D eigenvalue weighted by Crippen LogP contribution is -2.51. The van der Waals surface area contributed by atoms with Crippen LogP contribution in [0.15, 0.2) is 84.0 Å². The van der Waals surface area contributed by atoms with Crippen molar-refractivity contribution in [2.45, 2.75) is 43.9 Å². The molecule has 3 N–H and O–H groups in total. The molecule has 9 nitrogen and oxygen atoms in total. The Bertz CT molecular complexity index is 1220. The molecule has 0 bridgehead atoms. The number of phenolic OH excluding ortho intramolecular Hbond substituents is 1. The summed E-state index contributed by atoms with van der Waals surface area (Å²) in [6, 6.07) is 17.2. The molecular formula is C27H33N3O6S. The van der Waals surface area contributed by atoms with Crippen LogP contribution in [-0.2, 0) is 27.8 Å². The molecule has 1 heterocycles. The van der Waals surface area contributed by atoms with E-state index in [2.05, 4.69) is 10.3 Å². The van der Waals surface area contributed by atoms with E-state index in [9.17, 15) is 23.4 Å². The molecule has 0 saturated heterocycles. The molecule has 0 fully saturated rings. The van der Waals surface area contributed by atoms with Crippen molar-refractivity contribution < 1.29 is 28.2 Å². The van der Waals surface area contributed by atoms with E-state index in [0.29, 0.717) is 5.56 Å². The van der Waals surface area contributed by atoms with Crippen LogP contribution in [0.25, 0.3) is 0 Å². The van der Waals surface area contributed by atoms with Crippen LogP contribution in [0, 0.1) is 5.92 Å². The van der Waals surface area contributed by atoms with Crippen molar-refractivity contribution in [2.24, 2.45) is 5.92 Å². The van der Waals surface area contributed by atoms with Gasteiger partial charge < -0.3 is 20.3 Å². The fourth-order valence-electron chi connectivity index (χ4n) is 3.76. The van der Waals surface area contributed by atoms with Crippen LogP contribution in [0.1, 0.15) is 25.0 Å². The molecule has 0 unspecified atom stereocenters. The zero-order valence-electron chi connectivity index (χ0n) is 20.9. The zero-order chi connectivity index (χ0) is 26.8. The van der Waals surface area contributed by atoms with Gasteiger partial charge in [0.05, 0.1) is 17.0 Å². The van der Waals surface area contributed by atoms with E-state index in [1.807, 2.05) is 44.2 Å². The van der Waals surface area contributed by atoms with Gasteiger partial charge >= 0.3 is 6.09 Å². The number of aromatic nitrogens is 1. The van der Waals surface area contributed by atoms with Gasteiger partial charge in [-0.3, -0.25) is 4.98 Å². The first-order valence-corrected chi connectivity index (χ1v) is 13.4. The average Bonchev–Trinajstić information content (AvgIpc) is 2.88. The van der Waals surface area contributed by atoms with Crippen molar-refractivity contribution in [3.63, 3.8) is 0 Å². The maximum atomic E-state index is 13.4. The Kier molecular flexibility index (Phi) is 10.0. The van der Waals surface area contributed by atoms with Gasteiger partial charge in [-0.25, -0.2) is 13.2 Å². The second-order valence-electron chi connectivity index (χ2n) is 9.16. The van der Waals surface area contributed by atoms with E-state index in [4.69, 9.17) is 4.74 Å². The van der Waals surface area contributed by atoms with Crippen molar-refractivity contribution in [2.75, 3.05) is 13.1 Å². The average molecular weight is 528 g/mol. The third-order valence-electron chi connectivity index (χ3n) is 5.59. The summed E-state index contributed by atoms with van der Waals surface area (Å²) in [6.45, 7) is 3.66. The highest BCUT2D eigenvalue weighted by atomic mass is 32.2. The standard InChI is InChI=1S/C27H33N3O6S/c1-20(2)17-30(37(34,35)24-12-10-23(31)11-13-24)18-26(32)25(15-21-7-4-3-5-8-21)29-27(33)36-19-22-9-6-14-28-16-22/h3-14,16,20,25-26,31-32H,15,17-19H2,1-2H3,(H,29,33)/t25-,26+/m0/s1. The summed E-state index contributed by atoms with van der Waals surface area (Å²) in [5, 5.41) is 23.5. The maximum Gasteiger partial charge on any atom is 0.407 e. The van der Waals surface area contributed by atoms with Crippen molar-refractivity contribution in [1.82, 2.24) is 14.6 Å². The molecule has 0 aliphatic carbocycles. The first kappa shape index (κ1) is 28.1. The number of rotatable bonds is 12. The quantitative estimate of drug-likeness (QED) is 0.329. The molecule has 0 aliphatic heterocycles. The van der Waals surface area contributed by atoms with Crippen LogP contribution in [0.2, 0.25) is 0 Å². The number of aromatic hydroxyl groups is 1. The minimum absolute atomic E-state index is 0.00148. The van der Waals surface area contributed by atoms with Gasteiger partial charge in [-0.15, -0.1) is 0 Å². The Hall–Kier alpha value is -3.47. The number of amides is 1. The van der Waals surface area contributed by atoms with Crippen LogP contribution >= 0.6 is 0 Å². The van der Waals surface area contributed by atoms with E-state index in [1.54, 1.807) is 24.5 Å². The zero-order valence-corrected chi connectivity index (χ0v) is 21.7. The SMILES string of the molecule is CC(C)CN(C[C@@H](O)[C@H](Cc1ccccc1)NC(=O)OCc1cccnc1)S(=O)(=O)c1ccc(O)cc1. The van der Waals surface area contributed by atoms with Crippen LogP contribution in [-0.4, -0.2) is 59.2 Å². The second kappa shape index (κ2) is 13.2. The van der Waals surface area contributed by atoms with Crippen LogP contribution in [0.4, 0.5) is 4.79 Å². The molecule has 0 radical (unpaired) electrons. The summed E-state index contributed by atoms with van der Waals surface area (Å²) in [7, 11) is -3.98. The summed E-state index contributed by atoms with van der Waals surface area (Å²) in [6.07, 6.45) is 1.49. The third-order valence-corrected chi connectivity index (χ3v) is 7.44. The van der Waals surface area contributed by atoms with Gasteiger partial charge in [-0.05, 0) is 48.2 Å². The first-order chi connectivity index (χ1) is 17.6. The molecule has 198 valence electrons. The van der Waals surface area contributed by atoms with E-state index in [0.717, 1.165) is 5.56 Å². The number of hydrogen-bond acceptors (Lipinski definition) is 7. The lowest BCUT2D eigenvalue weighted by Gasteiger charge is -2.30. The Labute approximate surface area is 217 Å². The molecular weight excluding hydrogens is 494 g/mol. The second-order valence-corrected chi connectivity index (χ2v) is 11.1. The molecule has 0 saturated carbocycles. The van der Waals surface area contributed by atoms with Gasteiger partial charge in [0.2, 0.25) is 10.0 Å². The van der Waals surface area contributed by atoms with Crippen LogP contribution in [0.3, 0.4) is 0 Å². The summed E-state index contributed by atoms with van der Waals surface area (Å²) in [5.74, 6) is -0.0737. The highest BCUT2D eigenvalue weighted by Gasteiger charge is 2.31. The van der Waals surface area contributed by atoms with Crippen LogP contribution < -0.4 is 5.32 Å². The van der Waals surface area contributed by atoms with Crippen LogP contribution in [0.5, 0.6) is 5.75 Å². The normalized spacial score (nSPS) is 13.3. The van der Waals surface area contributed by atoms with Gasteiger partial charge in [0.1, 0.15) is 12.4 Å². The van der Waals surface area contributed by atoms with Crippen molar-refractivity contribution in [1.29, 1.82) is 0 Å². The van der Waals surface area contributed by atoms with Crippen molar-refractivity contribution >= 4 is 16.1 Å². The Morgan fingerprint density at radius 3 is 2.30 bits per heavy atom. The number of pyridine rings is 1. The fourth-order valence-corrected chi connectivity index (χ4v) is 5.38. The number of nitrogens with zero attached hydrogens (tertiary/aromatic N) is 2. The van der Waals surface area contributed by atoms with Crippen molar-refractivity contribution in [3.8, 4) is 5.75 Å². The molecule has 1 amide bonds. The number of hydrogen-bond donors (Lipinski definition) is 3. The number of aliphatic hydroxyl groups excluding tert-OH is 1. The number of benzene rings is 2. The molecule has 1 aromatic heterocycles. The number of ether oxygens (including phenoxy) is 1. The smallest absolute Gasteiger partial charge is 0.407 e. The number of phenols is 1. The van der Waals surface area contributed by atoms with Gasteiger partial charge in [-0.2, -0.15) is 4.31 Å². The highest BCUT2D eigenvalue weighted by molar-refractivity contribution is 7.89. The molecule has 3 aromatic rings. The number of carbonyl (C=O) groups is 1. The third kappa shape index (κ3) is 8.56. The largest absolute Gasteiger partial charge is 0.508 e. The predicted octanol–water partition coefficient (Wildman–Crippen LogP) is 3.33. The van der Waals surface area contributed by atoms with E-state index in [-0.39, 0.29) is 42.7 Å². The van der Waals surface area contributed by atoms with Crippen molar-refractivity contribution in [3.05, 3.63) is 90.3 Å². The summed E-state index contributed by atoms with van der Waals surface area (Å²) < 4.78 is 33.3. The lowest BCUT2D eigenvalue weighted by molar-refractivity contribution is 0.0873. The predicted molar refractivity (Wildman–Crippen MR) is 139 cm³/mol. The van der Waals surface area contributed by atoms with E-state index >= 15 is 0 Å². The molecule has 3 rings (SSSR count). The first-order valence-electron chi connectivity index (χ1n) is 12.0. The molecule has 2 atom stereocenters. The minimum atomic E-state index is -3.98. The molecule has 0 spiro atoms. The lowest BCUT2D eigenvalue weighted by atomic mass is 10.0. The minimum Gasteiger partial charge on any atom is -0.508 e. The number of nitrogens with one attached hydrogen (secondary N) is 1. The Morgan fingerprint density at radius 1 is 1.00 bits per heavy atom. The highest BCUT2D eigenvalue weighted by Crippen LogP contribution is 2.21. The Balaban J connectivity index is 1.79. The van der Waals surface area contributed by atoms with Gasteiger partial charge in [0.25, 0.3) is 0 Å². The fraction of sp³-hybridized carbons (Fsp3) is 0.333. The monoisotopic (exact) mass is 527 g/mol. The number of carbonyl (C=O) groups excluding carboxylic acids is 1. The molecule has 10 heteroatoms. The van der Waals surface area contributed by atoms with Gasteiger partial charge in [0.15, 0.2) is 0 Å². The number of aliphatic hydroxyl groups is 1.